The average molecular weight is 648 g/mol. The summed E-state index contributed by atoms with van der Waals surface area (Å²) in [4.78, 5) is 67.9. The minimum absolute atomic E-state index is 0.113. The van der Waals surface area contributed by atoms with Gasteiger partial charge in [-0.15, -0.1) is 0 Å². The van der Waals surface area contributed by atoms with Crippen LogP contribution in [-0.2, 0) is 14.3 Å². The van der Waals surface area contributed by atoms with E-state index >= 15 is 0 Å². The third kappa shape index (κ3) is 7.35. The lowest BCUT2D eigenvalue weighted by atomic mass is 9.95. The van der Waals surface area contributed by atoms with Crippen LogP contribution >= 0.6 is 0 Å². The Labute approximate surface area is 258 Å². The average Bonchev–Trinajstić information content (AvgIpc) is 3.38. The number of likely N-dealkylation sites (tertiary alicyclic amines) is 1. The van der Waals surface area contributed by atoms with Gasteiger partial charge in [-0.25, -0.2) is 9.59 Å². The zero-order chi connectivity index (χ0) is 33.9. The van der Waals surface area contributed by atoms with Crippen LogP contribution in [0, 0.1) is 11.8 Å². The van der Waals surface area contributed by atoms with Crippen LogP contribution in [0.4, 0.5) is 26.7 Å². The summed E-state index contributed by atoms with van der Waals surface area (Å²) in [6.07, 6.45) is -5.49. The van der Waals surface area contributed by atoms with Gasteiger partial charge in [0.05, 0.1) is 19.8 Å². The molecule has 45 heavy (non-hydrogen) atoms. The number of halogens is 5. The van der Waals surface area contributed by atoms with E-state index in [0.717, 1.165) is 0 Å². The molecule has 10 nitrogen and oxygen atoms in total. The number of benzene rings is 1. The number of hydrogen-bond acceptors (Lipinski definition) is 6. The maximum absolute atomic E-state index is 14.1. The van der Waals surface area contributed by atoms with Crippen LogP contribution in [0.25, 0.3) is 0 Å². The Kier molecular flexibility index (Phi) is 11.1. The number of alkyl halides is 5. The second kappa shape index (κ2) is 13.9. The molecular formula is C30H40F5N4O6+. The fourth-order valence-corrected chi connectivity index (χ4v) is 5.62. The molecule has 2 unspecified atom stereocenters. The van der Waals surface area contributed by atoms with Crippen LogP contribution in [0.15, 0.2) is 24.3 Å². The molecule has 250 valence electrons. The molecule has 0 saturated carbocycles. The lowest BCUT2D eigenvalue weighted by molar-refractivity contribution is -0.786. The molecule has 2 aliphatic heterocycles. The SMILES string of the molecule is CC(C)C(NC(=O)[N+]1(C(=O)[C@@H](NC(=O)c2ccc(C(=O)N3CCOCC3)cc2)C(C)C)CCC[C@H]1C)C(=O)C(F)(F)C(F)(F)F. The molecule has 0 aliphatic carbocycles. The second-order valence-electron chi connectivity index (χ2n) is 12.2. The summed E-state index contributed by atoms with van der Waals surface area (Å²) in [6, 6.07) is 0.345. The number of ether oxygens (including phenoxy) is 1. The number of ketones is 1. The van der Waals surface area contributed by atoms with E-state index in [2.05, 4.69) is 5.32 Å². The van der Waals surface area contributed by atoms with E-state index in [0.29, 0.717) is 44.7 Å². The summed E-state index contributed by atoms with van der Waals surface area (Å²) in [7, 11) is 0. The predicted octanol–water partition coefficient (Wildman–Crippen LogP) is 3.94. The van der Waals surface area contributed by atoms with Gasteiger partial charge < -0.3 is 15.0 Å². The van der Waals surface area contributed by atoms with Crippen molar-refractivity contribution in [1.82, 2.24) is 15.5 Å². The summed E-state index contributed by atoms with van der Waals surface area (Å²) < 4.78 is 71.3. The maximum Gasteiger partial charge on any atom is 0.461 e. The van der Waals surface area contributed by atoms with Crippen molar-refractivity contribution in [3.05, 3.63) is 35.4 Å². The smallest absolute Gasteiger partial charge is 0.378 e. The number of morpholine rings is 1. The molecule has 15 heteroatoms. The molecular weight excluding hydrogens is 607 g/mol. The summed E-state index contributed by atoms with van der Waals surface area (Å²) in [5, 5.41) is 4.67. The minimum Gasteiger partial charge on any atom is -0.378 e. The first kappa shape index (κ1) is 36.0. The van der Waals surface area contributed by atoms with Gasteiger partial charge in [-0.1, -0.05) is 27.7 Å². The summed E-state index contributed by atoms with van der Waals surface area (Å²) in [5.41, 5.74) is 0.472. The largest absolute Gasteiger partial charge is 0.461 e. The molecule has 5 amide bonds. The monoisotopic (exact) mass is 647 g/mol. The van der Waals surface area contributed by atoms with Crippen molar-refractivity contribution in [2.75, 3.05) is 32.8 Å². The number of amides is 5. The van der Waals surface area contributed by atoms with Crippen LogP contribution in [0.2, 0.25) is 0 Å². The number of carbonyl (C=O) groups excluding carboxylic acids is 5. The van der Waals surface area contributed by atoms with Crippen molar-refractivity contribution in [3.63, 3.8) is 0 Å². The topological polar surface area (TPSA) is 122 Å². The van der Waals surface area contributed by atoms with Crippen molar-refractivity contribution in [2.45, 2.75) is 77.7 Å². The molecule has 2 fully saturated rings. The van der Waals surface area contributed by atoms with Gasteiger partial charge in [0.2, 0.25) is 5.78 Å². The number of carbonyl (C=O) groups is 5. The standard InChI is InChI=1S/C30H39F5N4O6/c1-17(2)22(24(40)29(31,32)30(33,34)35)37-28(44)39(14-6-7-19(39)5)27(43)23(18(3)4)36-25(41)20-8-10-21(11-9-20)26(42)38-12-15-45-16-13-38/h8-11,17-19,22-23H,6-7,12-16H2,1-5H3,(H-,36,37,41,44)/p+1/t19-,22?,23+,39?/m1/s1. The molecule has 2 N–H and O–H groups in total. The van der Waals surface area contributed by atoms with E-state index in [1.165, 1.54) is 38.1 Å². The first-order valence-electron chi connectivity index (χ1n) is 14.9. The van der Waals surface area contributed by atoms with E-state index < -0.39 is 70.2 Å². The van der Waals surface area contributed by atoms with E-state index in [1.807, 2.05) is 5.32 Å². The van der Waals surface area contributed by atoms with Gasteiger partial charge in [0.1, 0.15) is 18.1 Å². The third-order valence-corrected chi connectivity index (χ3v) is 8.45. The highest BCUT2D eigenvalue weighted by Gasteiger charge is 2.65. The van der Waals surface area contributed by atoms with Crippen molar-refractivity contribution in [3.8, 4) is 0 Å². The lowest BCUT2D eigenvalue weighted by Gasteiger charge is -2.38. The molecule has 4 atom stereocenters. The molecule has 2 saturated heterocycles. The molecule has 0 spiro atoms. The second-order valence-corrected chi connectivity index (χ2v) is 12.2. The zero-order valence-electron chi connectivity index (χ0n) is 25.9. The first-order chi connectivity index (χ1) is 20.9. The number of nitrogens with zero attached hydrogens (tertiary/aromatic N) is 2. The van der Waals surface area contributed by atoms with Gasteiger partial charge in [0, 0.05) is 37.1 Å². The number of imide groups is 1. The fraction of sp³-hybridized carbons (Fsp3) is 0.633. The number of hydrogen-bond donors (Lipinski definition) is 2. The summed E-state index contributed by atoms with van der Waals surface area (Å²) >= 11 is 0. The first-order valence-corrected chi connectivity index (χ1v) is 14.9. The molecule has 0 bridgehead atoms. The van der Waals surface area contributed by atoms with Crippen LogP contribution in [0.5, 0.6) is 0 Å². The lowest BCUT2D eigenvalue weighted by Crippen LogP contribution is -2.70. The van der Waals surface area contributed by atoms with Crippen LogP contribution in [0.1, 0.15) is 68.2 Å². The van der Waals surface area contributed by atoms with Gasteiger partial charge in [0.15, 0.2) is 0 Å². The van der Waals surface area contributed by atoms with Gasteiger partial charge in [-0.2, -0.15) is 26.4 Å². The van der Waals surface area contributed by atoms with Crippen LogP contribution in [0.3, 0.4) is 0 Å². The Morgan fingerprint density at radius 2 is 1.40 bits per heavy atom. The van der Waals surface area contributed by atoms with Crippen molar-refractivity contribution in [2.24, 2.45) is 11.8 Å². The number of rotatable bonds is 9. The highest BCUT2D eigenvalue weighted by molar-refractivity contribution is 6.00. The highest BCUT2D eigenvalue weighted by Crippen LogP contribution is 2.38. The van der Waals surface area contributed by atoms with Gasteiger partial charge in [-0.3, -0.25) is 19.7 Å². The fourth-order valence-electron chi connectivity index (χ4n) is 5.62. The molecule has 1 aromatic carbocycles. The number of urea groups is 1. The molecule has 2 aliphatic rings. The van der Waals surface area contributed by atoms with E-state index in [-0.39, 0.29) is 18.0 Å². The maximum atomic E-state index is 14.1. The minimum atomic E-state index is -6.17. The molecule has 0 radical (unpaired) electrons. The van der Waals surface area contributed by atoms with Crippen molar-refractivity contribution < 1.29 is 55.1 Å². The van der Waals surface area contributed by atoms with Crippen molar-refractivity contribution in [1.29, 1.82) is 0 Å². The number of Topliss-reactive ketones (excluding diaryl/α,β-unsaturated/α-hetero) is 1. The van der Waals surface area contributed by atoms with Crippen LogP contribution in [-0.4, -0.2) is 102 Å². The van der Waals surface area contributed by atoms with Gasteiger partial charge in [0.25, 0.3) is 11.8 Å². The zero-order valence-corrected chi connectivity index (χ0v) is 25.9. The Balaban J connectivity index is 1.85. The molecule has 2 heterocycles. The highest BCUT2D eigenvalue weighted by atomic mass is 19.4. The summed E-state index contributed by atoms with van der Waals surface area (Å²) in [5.74, 6) is -11.7. The Hall–Kier alpha value is -3.46. The number of quaternary nitrogens is 1. The Bertz CT molecular complexity index is 1280. The van der Waals surface area contributed by atoms with E-state index in [9.17, 15) is 45.9 Å². The Morgan fingerprint density at radius 3 is 1.87 bits per heavy atom. The third-order valence-electron chi connectivity index (χ3n) is 8.45. The van der Waals surface area contributed by atoms with E-state index in [1.54, 1.807) is 25.7 Å². The molecule has 0 aromatic heterocycles. The predicted molar refractivity (Wildman–Crippen MR) is 151 cm³/mol. The Morgan fingerprint density at radius 1 is 0.867 bits per heavy atom. The van der Waals surface area contributed by atoms with Gasteiger partial charge >= 0.3 is 24.0 Å². The normalized spacial score (nSPS) is 22.2. The summed E-state index contributed by atoms with van der Waals surface area (Å²) in [6.45, 7) is 8.78. The quantitative estimate of drug-likeness (QED) is 0.310. The van der Waals surface area contributed by atoms with Crippen molar-refractivity contribution >= 4 is 29.5 Å². The van der Waals surface area contributed by atoms with Gasteiger partial charge in [-0.05, 0) is 43.0 Å². The number of nitrogens with one attached hydrogen (secondary N) is 2. The molecule has 3 rings (SSSR count). The molecule has 1 aromatic rings. The van der Waals surface area contributed by atoms with Crippen LogP contribution < -0.4 is 10.6 Å². The van der Waals surface area contributed by atoms with E-state index in [4.69, 9.17) is 4.74 Å².